The van der Waals surface area contributed by atoms with Crippen LogP contribution in [0.4, 0.5) is 0 Å². The minimum Gasteiger partial charge on any atom is -0.307 e. The maximum absolute atomic E-state index is 2.56. The molecule has 0 aliphatic rings. The lowest BCUT2D eigenvalue weighted by Gasteiger charge is -2.20. The van der Waals surface area contributed by atoms with E-state index in [9.17, 15) is 0 Å². The van der Waals surface area contributed by atoms with Gasteiger partial charge in [-0.05, 0) is 58.5 Å². The van der Waals surface area contributed by atoms with Gasteiger partial charge in [-0.15, -0.1) is 0 Å². The molecule has 7 aromatic rings. The second kappa shape index (κ2) is 7.30. The van der Waals surface area contributed by atoms with Gasteiger partial charge >= 0.3 is 0 Å². The Bertz CT molecular complexity index is 1950. The zero-order valence-electron chi connectivity index (χ0n) is 21.7. The van der Waals surface area contributed by atoms with Gasteiger partial charge in [0.15, 0.2) is 6.20 Å². The van der Waals surface area contributed by atoms with E-state index < -0.39 is 0 Å². The molecule has 0 spiro atoms. The first-order valence-electron chi connectivity index (χ1n) is 12.9. The molecule has 7 rings (SSSR count). The summed E-state index contributed by atoms with van der Waals surface area (Å²) in [4.78, 5) is 0. The molecule has 176 valence electrons. The number of pyridine rings is 2. The van der Waals surface area contributed by atoms with Crippen molar-refractivity contribution in [3.8, 4) is 11.1 Å². The zero-order chi connectivity index (χ0) is 24.8. The van der Waals surface area contributed by atoms with Crippen LogP contribution in [0.1, 0.15) is 31.9 Å². The highest BCUT2D eigenvalue weighted by Gasteiger charge is 2.25. The fourth-order valence-corrected chi connectivity index (χ4v) is 6.30. The molecule has 0 saturated heterocycles. The fraction of sp³-hybridized carbons (Fsp3) is 0.206. The topological polar surface area (TPSA) is 8.29 Å². The summed E-state index contributed by atoms with van der Waals surface area (Å²) in [5.41, 5.74) is 10.7. The third-order valence-electron chi connectivity index (χ3n) is 7.73. The molecule has 2 heteroatoms. The third-order valence-corrected chi connectivity index (χ3v) is 7.73. The van der Waals surface area contributed by atoms with Crippen molar-refractivity contribution >= 4 is 49.0 Å². The van der Waals surface area contributed by atoms with Crippen LogP contribution < -0.4 is 4.57 Å². The van der Waals surface area contributed by atoms with E-state index in [4.69, 9.17) is 0 Å². The van der Waals surface area contributed by atoms with E-state index in [0.717, 1.165) is 6.42 Å². The Balaban J connectivity index is 1.74. The first-order chi connectivity index (χ1) is 17.3. The predicted octanol–water partition coefficient (Wildman–Crippen LogP) is 8.38. The minimum atomic E-state index is 0.223. The van der Waals surface area contributed by atoms with Gasteiger partial charge in [-0.1, -0.05) is 81.4 Å². The predicted molar refractivity (Wildman–Crippen MR) is 153 cm³/mol. The first-order valence-corrected chi connectivity index (χ1v) is 12.9. The van der Waals surface area contributed by atoms with E-state index in [2.05, 4.69) is 129 Å². The fourth-order valence-electron chi connectivity index (χ4n) is 6.30. The Morgan fingerprint density at radius 3 is 2.31 bits per heavy atom. The summed E-state index contributed by atoms with van der Waals surface area (Å²) in [6.45, 7) is 9.23. The molecule has 0 radical (unpaired) electrons. The smallest absolute Gasteiger partial charge is 0.224 e. The van der Waals surface area contributed by atoms with Crippen LogP contribution in [0.3, 0.4) is 0 Å². The second-order valence-corrected chi connectivity index (χ2v) is 11.7. The Labute approximate surface area is 211 Å². The van der Waals surface area contributed by atoms with Crippen LogP contribution in [0.25, 0.3) is 60.1 Å². The van der Waals surface area contributed by atoms with Gasteiger partial charge in [-0.3, -0.25) is 0 Å². The van der Waals surface area contributed by atoms with Gasteiger partial charge in [0.1, 0.15) is 7.05 Å². The van der Waals surface area contributed by atoms with E-state index in [1.807, 2.05) is 0 Å². The van der Waals surface area contributed by atoms with Crippen LogP contribution in [-0.2, 0) is 13.5 Å². The van der Waals surface area contributed by atoms with Gasteiger partial charge in [-0.2, -0.15) is 0 Å². The molecule has 0 atom stereocenters. The van der Waals surface area contributed by atoms with Crippen molar-refractivity contribution in [2.75, 3.05) is 0 Å². The Hall–Kier alpha value is -3.91. The SMILES string of the molecule is Cc1ccc2c3ccc(-c4ccccc4)cc3n3c4cc(CC(C)(C)C)cc5cc[n+](C)c(c1c23)c54. The minimum absolute atomic E-state index is 0.223. The number of benzene rings is 4. The van der Waals surface area contributed by atoms with Crippen LogP contribution in [0.15, 0.2) is 85.1 Å². The number of nitrogens with zero attached hydrogens (tertiary/aromatic N) is 2. The molecule has 0 aliphatic heterocycles. The van der Waals surface area contributed by atoms with E-state index in [-0.39, 0.29) is 5.41 Å². The molecular formula is C34H31N2+. The van der Waals surface area contributed by atoms with Crippen LogP contribution in [0.5, 0.6) is 0 Å². The quantitative estimate of drug-likeness (QED) is 0.137. The number of aromatic nitrogens is 2. The first kappa shape index (κ1) is 21.4. The largest absolute Gasteiger partial charge is 0.307 e. The number of hydrogen-bond acceptors (Lipinski definition) is 0. The van der Waals surface area contributed by atoms with E-state index >= 15 is 0 Å². The Kier molecular flexibility index (Phi) is 4.34. The lowest BCUT2D eigenvalue weighted by atomic mass is 9.87. The molecule has 0 N–H and O–H groups in total. The molecule has 0 amide bonds. The van der Waals surface area contributed by atoms with Crippen LogP contribution in [0, 0.1) is 12.3 Å². The summed E-state index contributed by atoms with van der Waals surface area (Å²) in [5.74, 6) is 0. The van der Waals surface area contributed by atoms with Crippen LogP contribution in [0.2, 0.25) is 0 Å². The van der Waals surface area contributed by atoms with E-state index in [1.54, 1.807) is 0 Å². The van der Waals surface area contributed by atoms with Gasteiger partial charge in [0.25, 0.3) is 0 Å². The summed E-state index contributed by atoms with van der Waals surface area (Å²) in [5, 5.41) is 6.67. The van der Waals surface area contributed by atoms with Crippen molar-refractivity contribution in [1.82, 2.24) is 4.40 Å². The molecule has 2 nitrogen and oxygen atoms in total. The van der Waals surface area contributed by atoms with Crippen molar-refractivity contribution in [2.24, 2.45) is 12.5 Å². The molecular weight excluding hydrogens is 436 g/mol. The summed E-state index contributed by atoms with van der Waals surface area (Å²) in [7, 11) is 2.19. The average molecular weight is 468 g/mol. The second-order valence-electron chi connectivity index (χ2n) is 11.7. The molecule has 4 aromatic carbocycles. The molecule has 36 heavy (non-hydrogen) atoms. The highest BCUT2D eigenvalue weighted by Crippen LogP contribution is 2.42. The molecule has 0 bridgehead atoms. The van der Waals surface area contributed by atoms with Crippen molar-refractivity contribution < 1.29 is 4.57 Å². The Morgan fingerprint density at radius 2 is 1.53 bits per heavy atom. The van der Waals surface area contributed by atoms with Crippen molar-refractivity contribution in [3.05, 3.63) is 96.2 Å². The van der Waals surface area contributed by atoms with Gasteiger partial charge in [-0.25, -0.2) is 4.57 Å². The molecule has 0 unspecified atom stereocenters. The number of aryl methyl sites for hydroxylation is 2. The Morgan fingerprint density at radius 1 is 0.750 bits per heavy atom. The number of fused-ring (bicyclic) bond motifs is 5. The highest BCUT2D eigenvalue weighted by atomic mass is 15.0. The maximum Gasteiger partial charge on any atom is 0.224 e. The molecule has 0 fully saturated rings. The van der Waals surface area contributed by atoms with Gasteiger partial charge in [0, 0.05) is 16.8 Å². The normalized spacial score (nSPS) is 12.7. The molecule has 3 heterocycles. The monoisotopic (exact) mass is 467 g/mol. The maximum atomic E-state index is 2.56. The van der Waals surface area contributed by atoms with Gasteiger partial charge in [0.05, 0.1) is 27.3 Å². The molecule has 0 saturated carbocycles. The lowest BCUT2D eigenvalue weighted by Crippen LogP contribution is -2.29. The summed E-state index contributed by atoms with van der Waals surface area (Å²) < 4.78 is 4.87. The van der Waals surface area contributed by atoms with Gasteiger partial charge in [0.2, 0.25) is 5.52 Å². The summed E-state index contributed by atoms with van der Waals surface area (Å²) in [6, 6.07) is 29.5. The third kappa shape index (κ3) is 3.00. The van der Waals surface area contributed by atoms with E-state index in [0.29, 0.717) is 0 Å². The van der Waals surface area contributed by atoms with Crippen LogP contribution >= 0.6 is 0 Å². The molecule has 3 aromatic heterocycles. The summed E-state index contributed by atoms with van der Waals surface area (Å²) in [6.07, 6.45) is 3.27. The van der Waals surface area contributed by atoms with Crippen LogP contribution in [-0.4, -0.2) is 4.40 Å². The van der Waals surface area contributed by atoms with Crippen molar-refractivity contribution in [3.63, 3.8) is 0 Å². The zero-order valence-corrected chi connectivity index (χ0v) is 21.7. The molecule has 0 aliphatic carbocycles. The van der Waals surface area contributed by atoms with Crippen molar-refractivity contribution in [1.29, 1.82) is 0 Å². The van der Waals surface area contributed by atoms with E-state index in [1.165, 1.54) is 71.3 Å². The van der Waals surface area contributed by atoms with Gasteiger partial charge < -0.3 is 4.40 Å². The average Bonchev–Trinajstić information content (AvgIpc) is 3.18. The highest BCUT2D eigenvalue weighted by molar-refractivity contribution is 6.26. The summed E-state index contributed by atoms with van der Waals surface area (Å²) >= 11 is 0. The number of rotatable bonds is 2. The number of hydrogen-bond donors (Lipinski definition) is 0. The lowest BCUT2D eigenvalue weighted by molar-refractivity contribution is -0.643. The van der Waals surface area contributed by atoms with Crippen molar-refractivity contribution in [2.45, 2.75) is 34.1 Å². The standard InChI is InChI=1S/C34H31N2/c1-21-11-13-27-26-14-12-24(23-9-7-6-8-10-23)19-28(26)36-29-18-22(20-34(2,3)4)17-25-15-16-35(5)33(31(25)29)30(21)32(27)36/h6-19H,20H2,1-5H3/q+1.